The lowest BCUT2D eigenvalue weighted by molar-refractivity contribution is 0.611. The standard InChI is InChI=1S/C19H21N/c1-15-7-9-17(10-8-15)19(16-5-3-2-4-6-16)18-11-13-20-14-12-18/h2-10,20H,11-14H2,1H3. The second-order valence-electron chi connectivity index (χ2n) is 5.46. The molecule has 2 aromatic carbocycles. The van der Waals surface area contributed by atoms with Gasteiger partial charge in [0.1, 0.15) is 0 Å². The van der Waals surface area contributed by atoms with Crippen LogP contribution in [0.2, 0.25) is 0 Å². The summed E-state index contributed by atoms with van der Waals surface area (Å²) >= 11 is 0. The first-order chi connectivity index (χ1) is 9.84. The third kappa shape index (κ3) is 2.83. The van der Waals surface area contributed by atoms with Gasteiger partial charge in [-0.1, -0.05) is 65.7 Å². The summed E-state index contributed by atoms with van der Waals surface area (Å²) in [6.07, 6.45) is 2.30. The molecule has 2 aromatic rings. The lowest BCUT2D eigenvalue weighted by Gasteiger charge is -2.21. The van der Waals surface area contributed by atoms with E-state index in [2.05, 4.69) is 66.8 Å². The van der Waals surface area contributed by atoms with Crippen LogP contribution in [-0.2, 0) is 0 Å². The average Bonchev–Trinajstić information content (AvgIpc) is 2.52. The molecule has 1 aliphatic rings. The average molecular weight is 263 g/mol. The van der Waals surface area contributed by atoms with Crippen molar-refractivity contribution < 1.29 is 0 Å². The van der Waals surface area contributed by atoms with Crippen LogP contribution in [0.5, 0.6) is 0 Å². The van der Waals surface area contributed by atoms with Crippen LogP contribution in [0.15, 0.2) is 60.2 Å². The number of hydrogen-bond acceptors (Lipinski definition) is 1. The zero-order valence-corrected chi connectivity index (χ0v) is 12.0. The van der Waals surface area contributed by atoms with Gasteiger partial charge in [0.2, 0.25) is 0 Å². The topological polar surface area (TPSA) is 12.0 Å². The Balaban J connectivity index is 2.10. The Hall–Kier alpha value is -1.86. The van der Waals surface area contributed by atoms with E-state index in [1.54, 1.807) is 5.57 Å². The van der Waals surface area contributed by atoms with E-state index < -0.39 is 0 Å². The van der Waals surface area contributed by atoms with Crippen LogP contribution < -0.4 is 5.32 Å². The first kappa shape index (κ1) is 13.1. The lowest BCUT2D eigenvalue weighted by Crippen LogP contribution is -2.23. The van der Waals surface area contributed by atoms with Crippen molar-refractivity contribution in [1.29, 1.82) is 0 Å². The highest BCUT2D eigenvalue weighted by atomic mass is 14.9. The van der Waals surface area contributed by atoms with Gasteiger partial charge in [0.25, 0.3) is 0 Å². The minimum Gasteiger partial charge on any atom is -0.316 e. The SMILES string of the molecule is Cc1ccc(C(=C2CCNCC2)c2ccccc2)cc1. The number of rotatable bonds is 2. The Kier molecular flexibility index (Phi) is 3.98. The molecule has 1 N–H and O–H groups in total. The smallest absolute Gasteiger partial charge is 0.00111 e. The second-order valence-corrected chi connectivity index (χ2v) is 5.46. The van der Waals surface area contributed by atoms with Crippen molar-refractivity contribution in [2.75, 3.05) is 13.1 Å². The maximum absolute atomic E-state index is 3.45. The predicted molar refractivity (Wildman–Crippen MR) is 85.7 cm³/mol. The van der Waals surface area contributed by atoms with Crippen LogP contribution in [0.4, 0.5) is 0 Å². The first-order valence-corrected chi connectivity index (χ1v) is 7.40. The summed E-state index contributed by atoms with van der Waals surface area (Å²) in [6.45, 7) is 4.33. The Morgan fingerprint density at radius 2 is 1.40 bits per heavy atom. The van der Waals surface area contributed by atoms with Crippen LogP contribution in [0, 0.1) is 6.92 Å². The van der Waals surface area contributed by atoms with Crippen molar-refractivity contribution in [3.8, 4) is 0 Å². The summed E-state index contributed by atoms with van der Waals surface area (Å²) in [5, 5.41) is 3.45. The number of nitrogens with one attached hydrogen (secondary N) is 1. The molecule has 0 atom stereocenters. The zero-order chi connectivity index (χ0) is 13.8. The molecule has 0 spiro atoms. The van der Waals surface area contributed by atoms with Crippen molar-refractivity contribution in [2.45, 2.75) is 19.8 Å². The highest BCUT2D eigenvalue weighted by Crippen LogP contribution is 2.31. The number of aryl methyl sites for hydroxylation is 1. The van der Waals surface area contributed by atoms with E-state index in [9.17, 15) is 0 Å². The van der Waals surface area contributed by atoms with E-state index >= 15 is 0 Å². The van der Waals surface area contributed by atoms with Gasteiger partial charge in [-0.15, -0.1) is 0 Å². The summed E-state index contributed by atoms with van der Waals surface area (Å²) in [5.74, 6) is 0. The largest absolute Gasteiger partial charge is 0.316 e. The van der Waals surface area contributed by atoms with Gasteiger partial charge in [0, 0.05) is 0 Å². The van der Waals surface area contributed by atoms with E-state index in [4.69, 9.17) is 0 Å². The molecule has 0 radical (unpaired) electrons. The fourth-order valence-electron chi connectivity index (χ4n) is 2.88. The maximum atomic E-state index is 3.45. The summed E-state index contributed by atoms with van der Waals surface area (Å²) in [7, 11) is 0. The van der Waals surface area contributed by atoms with Gasteiger partial charge in [0.15, 0.2) is 0 Å². The van der Waals surface area contributed by atoms with Gasteiger partial charge in [-0.05, 0) is 49.6 Å². The number of benzene rings is 2. The molecule has 102 valence electrons. The van der Waals surface area contributed by atoms with Crippen LogP contribution >= 0.6 is 0 Å². The summed E-state index contributed by atoms with van der Waals surface area (Å²) in [5.41, 5.74) is 7.02. The molecule has 0 bridgehead atoms. The van der Waals surface area contributed by atoms with Crippen LogP contribution in [0.1, 0.15) is 29.5 Å². The van der Waals surface area contributed by atoms with E-state index in [-0.39, 0.29) is 0 Å². The molecule has 1 heteroatoms. The van der Waals surface area contributed by atoms with E-state index in [0.717, 1.165) is 25.9 Å². The van der Waals surface area contributed by atoms with Crippen molar-refractivity contribution >= 4 is 5.57 Å². The van der Waals surface area contributed by atoms with Crippen molar-refractivity contribution in [1.82, 2.24) is 5.32 Å². The van der Waals surface area contributed by atoms with Crippen LogP contribution in [0.25, 0.3) is 5.57 Å². The van der Waals surface area contributed by atoms with Gasteiger partial charge < -0.3 is 5.32 Å². The minimum atomic E-state index is 1.09. The maximum Gasteiger partial charge on any atom is -0.00111 e. The monoisotopic (exact) mass is 263 g/mol. The van der Waals surface area contributed by atoms with Gasteiger partial charge in [-0.25, -0.2) is 0 Å². The van der Waals surface area contributed by atoms with Crippen molar-refractivity contribution in [3.05, 3.63) is 76.9 Å². The quantitative estimate of drug-likeness (QED) is 0.857. The predicted octanol–water partition coefficient (Wildman–Crippen LogP) is 4.18. The van der Waals surface area contributed by atoms with Crippen LogP contribution in [-0.4, -0.2) is 13.1 Å². The Morgan fingerprint density at radius 1 is 0.800 bits per heavy atom. The Morgan fingerprint density at radius 3 is 2.05 bits per heavy atom. The molecule has 3 rings (SSSR count). The van der Waals surface area contributed by atoms with Gasteiger partial charge in [-0.3, -0.25) is 0 Å². The third-order valence-corrected chi connectivity index (χ3v) is 3.96. The molecule has 1 aliphatic heterocycles. The molecular formula is C19H21N. The highest BCUT2D eigenvalue weighted by molar-refractivity contribution is 5.82. The van der Waals surface area contributed by atoms with Crippen molar-refractivity contribution in [3.63, 3.8) is 0 Å². The van der Waals surface area contributed by atoms with E-state index in [1.807, 2.05) is 0 Å². The molecule has 0 amide bonds. The summed E-state index contributed by atoms with van der Waals surface area (Å²) < 4.78 is 0. The fourth-order valence-corrected chi connectivity index (χ4v) is 2.88. The van der Waals surface area contributed by atoms with E-state index in [0.29, 0.717) is 0 Å². The zero-order valence-electron chi connectivity index (χ0n) is 12.0. The normalized spacial score (nSPS) is 15.2. The summed E-state index contributed by atoms with van der Waals surface area (Å²) in [4.78, 5) is 0. The third-order valence-electron chi connectivity index (χ3n) is 3.96. The summed E-state index contributed by atoms with van der Waals surface area (Å²) in [6, 6.07) is 19.7. The lowest BCUT2D eigenvalue weighted by atomic mass is 9.88. The number of hydrogen-bond donors (Lipinski definition) is 1. The highest BCUT2D eigenvalue weighted by Gasteiger charge is 2.14. The molecular weight excluding hydrogens is 242 g/mol. The van der Waals surface area contributed by atoms with Gasteiger partial charge in [0.05, 0.1) is 0 Å². The molecule has 20 heavy (non-hydrogen) atoms. The first-order valence-electron chi connectivity index (χ1n) is 7.40. The fraction of sp³-hybridized carbons (Fsp3) is 0.263. The number of piperidine rings is 1. The molecule has 1 heterocycles. The molecule has 1 nitrogen and oxygen atoms in total. The van der Waals surface area contributed by atoms with Gasteiger partial charge >= 0.3 is 0 Å². The minimum absolute atomic E-state index is 1.09. The van der Waals surface area contributed by atoms with E-state index in [1.165, 1.54) is 22.3 Å². The Labute approximate surface area is 121 Å². The van der Waals surface area contributed by atoms with Crippen molar-refractivity contribution in [2.24, 2.45) is 0 Å². The molecule has 0 aromatic heterocycles. The second kappa shape index (κ2) is 6.06. The molecule has 0 saturated carbocycles. The molecule has 1 fully saturated rings. The molecule has 1 saturated heterocycles. The van der Waals surface area contributed by atoms with Crippen LogP contribution in [0.3, 0.4) is 0 Å². The molecule has 0 unspecified atom stereocenters. The molecule has 0 aliphatic carbocycles. The Bertz CT molecular complexity index is 585. The van der Waals surface area contributed by atoms with Gasteiger partial charge in [-0.2, -0.15) is 0 Å².